The van der Waals surface area contributed by atoms with Crippen LogP contribution in [0.4, 0.5) is 8.78 Å². The van der Waals surface area contributed by atoms with Crippen LogP contribution in [0.3, 0.4) is 0 Å². The second-order valence-electron chi connectivity index (χ2n) is 11.8. The third kappa shape index (κ3) is 5.74. The van der Waals surface area contributed by atoms with E-state index < -0.39 is 17.9 Å². The molecule has 3 aliphatic rings. The second-order valence-corrected chi connectivity index (χ2v) is 11.8. The molecule has 0 radical (unpaired) electrons. The molecule has 2 aromatic carbocycles. The van der Waals surface area contributed by atoms with Crippen LogP contribution in [0.25, 0.3) is 0 Å². The van der Waals surface area contributed by atoms with Crippen molar-refractivity contribution in [2.24, 2.45) is 17.3 Å². The topological polar surface area (TPSA) is 57.2 Å². The molecular weight excluding hydrogens is 502 g/mol. The lowest BCUT2D eigenvalue weighted by Crippen LogP contribution is -2.44. The van der Waals surface area contributed by atoms with Crippen molar-refractivity contribution in [2.75, 3.05) is 27.4 Å². The summed E-state index contributed by atoms with van der Waals surface area (Å²) in [6, 6.07) is 9.00. The lowest BCUT2D eigenvalue weighted by atomic mass is 9.55. The van der Waals surface area contributed by atoms with E-state index in [1.807, 2.05) is 6.07 Å². The molecule has 39 heavy (non-hydrogen) atoms. The molecule has 3 unspecified atom stereocenters. The van der Waals surface area contributed by atoms with E-state index in [0.29, 0.717) is 42.4 Å². The third-order valence-electron chi connectivity index (χ3n) is 9.74. The van der Waals surface area contributed by atoms with Gasteiger partial charge >= 0.3 is 0 Å². The van der Waals surface area contributed by atoms with Gasteiger partial charge in [-0.15, -0.1) is 0 Å². The van der Waals surface area contributed by atoms with Gasteiger partial charge in [0.1, 0.15) is 24.0 Å². The molecule has 7 heteroatoms. The molecule has 5 nitrogen and oxygen atoms in total. The van der Waals surface area contributed by atoms with Gasteiger partial charge in [0.05, 0.1) is 6.10 Å². The number of halogens is 2. The van der Waals surface area contributed by atoms with Crippen molar-refractivity contribution in [3.8, 4) is 5.75 Å². The van der Waals surface area contributed by atoms with Gasteiger partial charge in [-0.25, -0.2) is 8.78 Å². The maximum Gasteiger partial charge on any atom is 0.161 e. The summed E-state index contributed by atoms with van der Waals surface area (Å²) in [5.41, 5.74) is 3.40. The standard InChI is InChI=1S/C32H42F2O5/c1-32-12-11-24-23-8-6-22(39-19-20-15-28(33)26(29(34)16-20)18-31(36-2)37-3)17-21(23)5-7-25(24)27(32)9-10-30(32)38-14-4-13-35/h6,8,15-17,24-25,27,30-31,35H,4-5,7,9-14,18-19H2,1-3H3/t24?,25?,27?,30-,32-/m0/s1. The van der Waals surface area contributed by atoms with Crippen molar-refractivity contribution in [1.82, 2.24) is 0 Å². The zero-order valence-electron chi connectivity index (χ0n) is 23.4. The van der Waals surface area contributed by atoms with Crippen LogP contribution < -0.4 is 4.74 Å². The minimum Gasteiger partial charge on any atom is -0.489 e. The Morgan fingerprint density at radius 1 is 1.03 bits per heavy atom. The summed E-state index contributed by atoms with van der Waals surface area (Å²) in [5.74, 6) is 1.40. The molecule has 0 amide bonds. The average molecular weight is 545 g/mol. The molecule has 214 valence electrons. The van der Waals surface area contributed by atoms with Crippen LogP contribution in [0.5, 0.6) is 5.75 Å². The number of aliphatic hydroxyl groups excluding tert-OH is 1. The normalized spacial score (nSPS) is 27.8. The molecule has 3 aliphatic carbocycles. The number of benzene rings is 2. The Labute approximate surface area is 230 Å². The summed E-state index contributed by atoms with van der Waals surface area (Å²) in [5, 5.41) is 9.14. The highest BCUT2D eigenvalue weighted by Gasteiger charge is 2.55. The third-order valence-corrected chi connectivity index (χ3v) is 9.74. The molecule has 0 heterocycles. The first-order valence-corrected chi connectivity index (χ1v) is 14.4. The number of fused-ring (bicyclic) bond motifs is 5. The summed E-state index contributed by atoms with van der Waals surface area (Å²) in [4.78, 5) is 0. The predicted molar refractivity (Wildman–Crippen MR) is 145 cm³/mol. The summed E-state index contributed by atoms with van der Waals surface area (Å²) >= 11 is 0. The first-order valence-electron chi connectivity index (χ1n) is 14.4. The summed E-state index contributed by atoms with van der Waals surface area (Å²) < 4.78 is 51.7. The van der Waals surface area contributed by atoms with E-state index in [0.717, 1.165) is 18.6 Å². The fourth-order valence-electron chi connectivity index (χ4n) is 7.69. The molecule has 0 spiro atoms. The first-order chi connectivity index (χ1) is 18.9. The SMILES string of the molecule is COC(Cc1c(F)cc(COc2ccc3c(c2)CCC2C3CC[C@@]3(C)C2CC[C@@H]3OCCCO)cc1F)OC. The van der Waals surface area contributed by atoms with Gasteiger partial charge in [0, 0.05) is 39.4 Å². The Kier molecular flexibility index (Phi) is 8.91. The lowest BCUT2D eigenvalue weighted by Gasteiger charge is -2.50. The minimum absolute atomic E-state index is 0.00378. The molecule has 0 aromatic heterocycles. The van der Waals surface area contributed by atoms with E-state index in [1.165, 1.54) is 63.2 Å². The fraction of sp³-hybridized carbons (Fsp3) is 0.625. The van der Waals surface area contributed by atoms with Gasteiger partial charge in [-0.2, -0.15) is 0 Å². The highest BCUT2D eigenvalue weighted by Crippen LogP contribution is 2.61. The quantitative estimate of drug-likeness (QED) is 0.265. The number of ether oxygens (including phenoxy) is 4. The maximum atomic E-state index is 14.6. The second kappa shape index (κ2) is 12.2. The largest absolute Gasteiger partial charge is 0.489 e. The van der Waals surface area contributed by atoms with Crippen LogP contribution in [-0.2, 0) is 33.7 Å². The zero-order valence-corrected chi connectivity index (χ0v) is 23.4. The van der Waals surface area contributed by atoms with E-state index in [2.05, 4.69) is 19.1 Å². The van der Waals surface area contributed by atoms with E-state index in [-0.39, 0.29) is 30.6 Å². The Bertz CT molecular complexity index is 1110. The fourth-order valence-corrected chi connectivity index (χ4v) is 7.69. The molecule has 0 bridgehead atoms. The number of aryl methyl sites for hydroxylation is 1. The number of aliphatic hydroxyl groups is 1. The van der Waals surface area contributed by atoms with Crippen LogP contribution in [0.15, 0.2) is 30.3 Å². The summed E-state index contributed by atoms with van der Waals surface area (Å²) in [6.45, 7) is 3.36. The summed E-state index contributed by atoms with van der Waals surface area (Å²) in [6.07, 6.45) is 7.18. The van der Waals surface area contributed by atoms with Gasteiger partial charge in [-0.3, -0.25) is 0 Å². The van der Waals surface area contributed by atoms with Crippen molar-refractivity contribution in [3.63, 3.8) is 0 Å². The van der Waals surface area contributed by atoms with Gasteiger partial charge in [0.25, 0.3) is 0 Å². The smallest absolute Gasteiger partial charge is 0.161 e. The highest BCUT2D eigenvalue weighted by molar-refractivity contribution is 5.41. The van der Waals surface area contributed by atoms with E-state index in [9.17, 15) is 8.78 Å². The Hall–Kier alpha value is -2.06. The number of hydrogen-bond donors (Lipinski definition) is 1. The van der Waals surface area contributed by atoms with E-state index in [4.69, 9.17) is 24.1 Å². The van der Waals surface area contributed by atoms with Crippen molar-refractivity contribution in [1.29, 1.82) is 0 Å². The van der Waals surface area contributed by atoms with Gasteiger partial charge < -0.3 is 24.1 Å². The number of rotatable bonds is 11. The summed E-state index contributed by atoms with van der Waals surface area (Å²) in [7, 11) is 2.88. The van der Waals surface area contributed by atoms with E-state index >= 15 is 0 Å². The van der Waals surface area contributed by atoms with Crippen LogP contribution in [0.1, 0.15) is 73.6 Å². The van der Waals surface area contributed by atoms with Crippen molar-refractivity contribution < 1.29 is 32.8 Å². The van der Waals surface area contributed by atoms with Crippen LogP contribution in [-0.4, -0.2) is 44.9 Å². The highest BCUT2D eigenvalue weighted by atomic mass is 19.1. The molecule has 5 atom stereocenters. The molecule has 0 saturated heterocycles. The van der Waals surface area contributed by atoms with Crippen LogP contribution in [0.2, 0.25) is 0 Å². The molecule has 2 saturated carbocycles. The Morgan fingerprint density at radius 3 is 2.51 bits per heavy atom. The molecule has 5 rings (SSSR count). The number of methoxy groups -OCH3 is 2. The minimum atomic E-state index is -0.704. The number of hydrogen-bond acceptors (Lipinski definition) is 5. The lowest BCUT2D eigenvalue weighted by molar-refractivity contribution is -0.101. The first kappa shape index (κ1) is 28.5. The molecule has 1 N–H and O–H groups in total. The zero-order chi connectivity index (χ0) is 27.6. The van der Waals surface area contributed by atoms with E-state index in [1.54, 1.807) is 0 Å². The monoisotopic (exact) mass is 544 g/mol. The van der Waals surface area contributed by atoms with Crippen LogP contribution in [0, 0.1) is 28.9 Å². The molecule has 2 fully saturated rings. The van der Waals surface area contributed by atoms with Gasteiger partial charge in [-0.1, -0.05) is 13.0 Å². The maximum absolute atomic E-state index is 14.6. The van der Waals surface area contributed by atoms with Crippen molar-refractivity contribution in [3.05, 3.63) is 64.2 Å². The molecular formula is C32H42F2O5. The Balaban J connectivity index is 1.23. The molecule has 2 aromatic rings. The molecule has 0 aliphatic heterocycles. The van der Waals surface area contributed by atoms with Crippen LogP contribution >= 0.6 is 0 Å². The van der Waals surface area contributed by atoms with Crippen molar-refractivity contribution in [2.45, 2.75) is 83.2 Å². The van der Waals surface area contributed by atoms with Gasteiger partial charge in [-0.05, 0) is 109 Å². The Morgan fingerprint density at radius 2 is 1.79 bits per heavy atom. The average Bonchev–Trinajstić information content (AvgIpc) is 3.27. The van der Waals surface area contributed by atoms with Crippen molar-refractivity contribution >= 4 is 0 Å². The predicted octanol–water partition coefficient (Wildman–Crippen LogP) is 6.33. The van der Waals surface area contributed by atoms with Gasteiger partial charge in [0.2, 0.25) is 0 Å². The van der Waals surface area contributed by atoms with Gasteiger partial charge in [0.15, 0.2) is 6.29 Å².